The van der Waals surface area contributed by atoms with Crippen LogP contribution >= 0.6 is 23.4 Å². The quantitative estimate of drug-likeness (QED) is 0.425. The molecule has 0 bridgehead atoms. The van der Waals surface area contributed by atoms with Crippen LogP contribution in [0.3, 0.4) is 0 Å². The lowest BCUT2D eigenvalue weighted by Crippen LogP contribution is -2.14. The number of non-ortho nitro benzene ring substituents is 1. The average Bonchev–Trinajstić information content (AvgIpc) is 2.98. The largest absolute Gasteiger partial charge is 0.324 e. The normalized spacial score (nSPS) is 10.7. The standard InChI is InChI=1S/C15H11ClN4O3S/c16-12-5-4-10(20(22)23)7-13(12)18-14(21)9-24-15-17-8-11-3-1-2-6-19(11)15/h1-8H,9H2,(H,18,21). The van der Waals surface area contributed by atoms with E-state index in [9.17, 15) is 14.9 Å². The third kappa shape index (κ3) is 3.50. The zero-order valence-electron chi connectivity index (χ0n) is 12.2. The molecule has 0 radical (unpaired) electrons. The van der Waals surface area contributed by atoms with Gasteiger partial charge in [0.05, 0.1) is 33.1 Å². The summed E-state index contributed by atoms with van der Waals surface area (Å²) < 4.78 is 1.87. The summed E-state index contributed by atoms with van der Waals surface area (Å²) in [5.74, 6) is -0.220. The first kappa shape index (κ1) is 16.3. The van der Waals surface area contributed by atoms with Gasteiger partial charge in [-0.1, -0.05) is 29.4 Å². The summed E-state index contributed by atoms with van der Waals surface area (Å²) in [6.45, 7) is 0. The highest BCUT2D eigenvalue weighted by Gasteiger charge is 2.13. The molecule has 7 nitrogen and oxygen atoms in total. The van der Waals surface area contributed by atoms with Gasteiger partial charge in [-0.25, -0.2) is 4.98 Å². The number of nitro benzene ring substituents is 1. The number of fused-ring (bicyclic) bond motifs is 1. The fourth-order valence-corrected chi connectivity index (χ4v) is 2.99. The Kier molecular flexibility index (Phi) is 4.68. The van der Waals surface area contributed by atoms with Crippen molar-refractivity contribution in [2.24, 2.45) is 0 Å². The minimum Gasteiger partial charge on any atom is -0.324 e. The van der Waals surface area contributed by atoms with E-state index in [0.717, 1.165) is 5.52 Å². The molecule has 3 rings (SSSR count). The number of rotatable bonds is 5. The van der Waals surface area contributed by atoms with Gasteiger partial charge in [-0.3, -0.25) is 19.3 Å². The molecule has 3 aromatic rings. The monoisotopic (exact) mass is 362 g/mol. The molecule has 0 fully saturated rings. The molecule has 122 valence electrons. The first-order valence-electron chi connectivity index (χ1n) is 6.83. The van der Waals surface area contributed by atoms with Crippen LogP contribution in [-0.2, 0) is 4.79 Å². The molecule has 1 aromatic carbocycles. The van der Waals surface area contributed by atoms with Crippen LogP contribution in [-0.4, -0.2) is 26.0 Å². The Bertz CT molecular complexity index is 928. The Hall–Kier alpha value is -2.58. The van der Waals surface area contributed by atoms with Crippen molar-refractivity contribution in [3.8, 4) is 0 Å². The summed E-state index contributed by atoms with van der Waals surface area (Å²) in [4.78, 5) is 26.6. The molecule has 0 aliphatic rings. The Morgan fingerprint density at radius 2 is 2.21 bits per heavy atom. The summed E-state index contributed by atoms with van der Waals surface area (Å²) in [7, 11) is 0. The molecule has 2 heterocycles. The molecule has 1 amide bonds. The highest BCUT2D eigenvalue weighted by Crippen LogP contribution is 2.27. The lowest BCUT2D eigenvalue weighted by molar-refractivity contribution is -0.384. The van der Waals surface area contributed by atoms with Crippen LogP contribution in [0.4, 0.5) is 11.4 Å². The third-order valence-electron chi connectivity index (χ3n) is 3.17. The van der Waals surface area contributed by atoms with Gasteiger partial charge in [-0.15, -0.1) is 0 Å². The van der Waals surface area contributed by atoms with Crippen molar-refractivity contribution >= 4 is 46.2 Å². The van der Waals surface area contributed by atoms with Crippen molar-refractivity contribution in [2.45, 2.75) is 5.16 Å². The number of thioether (sulfide) groups is 1. The number of halogens is 1. The van der Waals surface area contributed by atoms with Gasteiger partial charge in [0.2, 0.25) is 5.91 Å². The highest BCUT2D eigenvalue weighted by atomic mass is 35.5. The number of nitrogens with zero attached hydrogens (tertiary/aromatic N) is 3. The number of carbonyl (C=O) groups is 1. The zero-order chi connectivity index (χ0) is 17.1. The van der Waals surface area contributed by atoms with E-state index in [4.69, 9.17) is 11.6 Å². The number of nitro groups is 1. The number of hydrogen-bond acceptors (Lipinski definition) is 5. The molecule has 24 heavy (non-hydrogen) atoms. The molecular weight excluding hydrogens is 352 g/mol. The summed E-state index contributed by atoms with van der Waals surface area (Å²) in [6, 6.07) is 9.59. The first-order chi connectivity index (χ1) is 11.5. The van der Waals surface area contributed by atoms with Gasteiger partial charge in [-0.2, -0.15) is 0 Å². The second-order valence-corrected chi connectivity index (χ2v) is 6.14. The second-order valence-electron chi connectivity index (χ2n) is 4.79. The molecule has 0 saturated heterocycles. The molecule has 2 aromatic heterocycles. The highest BCUT2D eigenvalue weighted by molar-refractivity contribution is 7.99. The van der Waals surface area contributed by atoms with Crippen LogP contribution < -0.4 is 5.32 Å². The van der Waals surface area contributed by atoms with Crippen molar-refractivity contribution in [3.63, 3.8) is 0 Å². The maximum Gasteiger partial charge on any atom is 0.271 e. The van der Waals surface area contributed by atoms with Crippen LogP contribution in [0.2, 0.25) is 5.02 Å². The Morgan fingerprint density at radius 3 is 3.00 bits per heavy atom. The lowest BCUT2D eigenvalue weighted by atomic mass is 10.3. The van der Waals surface area contributed by atoms with Crippen LogP contribution in [0.25, 0.3) is 5.52 Å². The van der Waals surface area contributed by atoms with E-state index < -0.39 is 4.92 Å². The van der Waals surface area contributed by atoms with E-state index in [-0.39, 0.29) is 28.1 Å². The van der Waals surface area contributed by atoms with Crippen molar-refractivity contribution in [2.75, 3.05) is 11.1 Å². The Balaban J connectivity index is 1.68. The maximum atomic E-state index is 12.1. The summed E-state index contributed by atoms with van der Waals surface area (Å²) >= 11 is 7.23. The molecule has 9 heteroatoms. The van der Waals surface area contributed by atoms with Crippen LogP contribution in [0.5, 0.6) is 0 Å². The topological polar surface area (TPSA) is 89.5 Å². The number of carbonyl (C=O) groups excluding carboxylic acids is 1. The van der Waals surface area contributed by atoms with E-state index >= 15 is 0 Å². The molecule has 0 atom stereocenters. The van der Waals surface area contributed by atoms with Crippen LogP contribution in [0.1, 0.15) is 0 Å². The summed E-state index contributed by atoms with van der Waals surface area (Å²) in [5, 5.41) is 14.3. The van der Waals surface area contributed by atoms with Gasteiger partial charge < -0.3 is 5.32 Å². The lowest BCUT2D eigenvalue weighted by Gasteiger charge is -2.07. The van der Waals surface area contributed by atoms with Crippen molar-refractivity contribution < 1.29 is 9.72 Å². The zero-order valence-corrected chi connectivity index (χ0v) is 13.8. The van der Waals surface area contributed by atoms with Gasteiger partial charge in [0.1, 0.15) is 0 Å². The number of anilines is 1. The number of hydrogen-bond donors (Lipinski definition) is 1. The van der Waals surface area contributed by atoms with Gasteiger partial charge in [0.25, 0.3) is 5.69 Å². The second kappa shape index (κ2) is 6.90. The predicted octanol–water partition coefficient (Wildman–Crippen LogP) is 3.63. The number of nitrogens with one attached hydrogen (secondary N) is 1. The number of pyridine rings is 1. The number of amides is 1. The van der Waals surface area contributed by atoms with E-state index in [1.807, 2.05) is 28.8 Å². The fraction of sp³-hybridized carbons (Fsp3) is 0.0667. The number of benzene rings is 1. The van der Waals surface area contributed by atoms with Crippen molar-refractivity contribution in [1.29, 1.82) is 0 Å². The van der Waals surface area contributed by atoms with Gasteiger partial charge in [0, 0.05) is 18.3 Å². The maximum absolute atomic E-state index is 12.1. The Labute approximate surface area is 145 Å². The number of imidazole rings is 1. The summed E-state index contributed by atoms with van der Waals surface area (Å²) in [6.07, 6.45) is 3.58. The van der Waals surface area contributed by atoms with Crippen molar-refractivity contribution in [1.82, 2.24) is 9.38 Å². The molecule has 0 aliphatic heterocycles. The summed E-state index contributed by atoms with van der Waals surface area (Å²) in [5.41, 5.74) is 1.01. The van der Waals surface area contributed by atoms with Crippen molar-refractivity contribution in [3.05, 3.63) is 63.9 Å². The molecule has 0 saturated carbocycles. The Morgan fingerprint density at radius 1 is 1.38 bits per heavy atom. The minimum atomic E-state index is -0.544. The first-order valence-corrected chi connectivity index (χ1v) is 8.19. The van der Waals surface area contributed by atoms with Crippen LogP contribution in [0.15, 0.2) is 53.9 Å². The predicted molar refractivity (Wildman–Crippen MR) is 92.7 cm³/mol. The van der Waals surface area contributed by atoms with E-state index in [1.165, 1.54) is 30.0 Å². The minimum absolute atomic E-state index is 0.104. The van der Waals surface area contributed by atoms with Gasteiger partial charge in [-0.05, 0) is 18.2 Å². The fourth-order valence-electron chi connectivity index (χ4n) is 2.07. The average molecular weight is 363 g/mol. The molecular formula is C15H11ClN4O3S. The van der Waals surface area contributed by atoms with E-state index in [2.05, 4.69) is 10.3 Å². The van der Waals surface area contributed by atoms with Gasteiger partial charge >= 0.3 is 0 Å². The van der Waals surface area contributed by atoms with Crippen LogP contribution in [0, 0.1) is 10.1 Å². The molecule has 0 unspecified atom stereocenters. The molecule has 0 aliphatic carbocycles. The molecule has 0 spiro atoms. The van der Waals surface area contributed by atoms with E-state index in [1.54, 1.807) is 6.20 Å². The van der Waals surface area contributed by atoms with Gasteiger partial charge in [0.15, 0.2) is 5.16 Å². The number of aromatic nitrogens is 2. The molecule has 1 N–H and O–H groups in total. The van der Waals surface area contributed by atoms with E-state index in [0.29, 0.717) is 5.16 Å². The smallest absolute Gasteiger partial charge is 0.271 e. The third-order valence-corrected chi connectivity index (χ3v) is 4.47. The SMILES string of the molecule is O=C(CSc1ncc2ccccn12)Nc1cc([N+](=O)[O-])ccc1Cl.